The average molecular weight is 321 g/mol. The van der Waals surface area contributed by atoms with Crippen LogP contribution in [0.5, 0.6) is 0 Å². The highest BCUT2D eigenvalue weighted by Crippen LogP contribution is 2.28. The lowest BCUT2D eigenvalue weighted by Gasteiger charge is -2.28. The largest absolute Gasteiger partial charge is 0.327 e. The number of carbonyl (C=O) groups excluding carboxylic acids is 2. The molecular formula is C19H19N3O2. The summed E-state index contributed by atoms with van der Waals surface area (Å²) in [6.07, 6.45) is 0. The van der Waals surface area contributed by atoms with Crippen molar-refractivity contribution in [2.75, 3.05) is 5.32 Å². The number of carbonyl (C=O) groups is 2. The number of anilines is 1. The molecule has 0 saturated carbocycles. The molecule has 1 aliphatic heterocycles. The summed E-state index contributed by atoms with van der Waals surface area (Å²) in [4.78, 5) is 24.7. The van der Waals surface area contributed by atoms with Gasteiger partial charge in [0.05, 0.1) is 11.6 Å². The Labute approximate surface area is 140 Å². The zero-order valence-electron chi connectivity index (χ0n) is 13.6. The van der Waals surface area contributed by atoms with Gasteiger partial charge in [0.1, 0.15) is 0 Å². The van der Waals surface area contributed by atoms with E-state index >= 15 is 0 Å². The van der Waals surface area contributed by atoms with E-state index in [1.54, 1.807) is 6.92 Å². The van der Waals surface area contributed by atoms with Crippen molar-refractivity contribution in [3.05, 3.63) is 77.0 Å². The molecule has 0 unspecified atom stereocenters. The summed E-state index contributed by atoms with van der Waals surface area (Å²) in [5.41, 5.74) is 3.66. The van der Waals surface area contributed by atoms with Gasteiger partial charge in [0.2, 0.25) is 0 Å². The lowest BCUT2D eigenvalue weighted by Crippen LogP contribution is -2.46. The minimum Gasteiger partial charge on any atom is -0.327 e. The average Bonchev–Trinajstić information content (AvgIpc) is 2.57. The molecule has 3 rings (SSSR count). The van der Waals surface area contributed by atoms with Gasteiger partial charge in [-0.1, -0.05) is 48.5 Å². The number of allylic oxidation sites excluding steroid dienone is 1. The Bertz CT molecular complexity index is 812. The third-order valence-electron chi connectivity index (χ3n) is 4.04. The Kier molecular flexibility index (Phi) is 4.33. The summed E-state index contributed by atoms with van der Waals surface area (Å²) in [6.45, 7) is 3.67. The fourth-order valence-corrected chi connectivity index (χ4v) is 2.79. The van der Waals surface area contributed by atoms with Crippen LogP contribution in [0.1, 0.15) is 24.1 Å². The van der Waals surface area contributed by atoms with E-state index in [1.165, 1.54) is 0 Å². The molecule has 5 nitrogen and oxygen atoms in total. The van der Waals surface area contributed by atoms with Gasteiger partial charge in [-0.25, -0.2) is 4.79 Å². The summed E-state index contributed by atoms with van der Waals surface area (Å²) >= 11 is 0. The maximum Gasteiger partial charge on any atom is 0.319 e. The van der Waals surface area contributed by atoms with Crippen LogP contribution < -0.4 is 16.0 Å². The standard InChI is InChI=1S/C19H19N3O2/c1-12-8-6-7-11-15(12)21-18(23)16-13(2)20-19(24)22-17(16)14-9-4-3-5-10-14/h3-11,17H,1-2H3,(H,21,23)(H2,20,22,24)/t17-/m1/s1. The van der Waals surface area contributed by atoms with E-state index < -0.39 is 6.04 Å². The fraction of sp³-hybridized carbons (Fsp3) is 0.158. The highest BCUT2D eigenvalue weighted by molar-refractivity contribution is 6.07. The Hall–Kier alpha value is -3.08. The van der Waals surface area contributed by atoms with Crippen LogP contribution in [0.3, 0.4) is 0 Å². The van der Waals surface area contributed by atoms with Crippen molar-refractivity contribution in [2.24, 2.45) is 0 Å². The van der Waals surface area contributed by atoms with Crippen molar-refractivity contribution >= 4 is 17.6 Å². The van der Waals surface area contributed by atoms with Crippen LogP contribution in [-0.2, 0) is 4.79 Å². The quantitative estimate of drug-likeness (QED) is 0.812. The molecule has 0 bridgehead atoms. The SMILES string of the molecule is CC1=C(C(=O)Nc2ccccc2C)[C@@H](c2ccccc2)NC(=O)N1. The Balaban J connectivity index is 1.95. The van der Waals surface area contributed by atoms with Crippen LogP contribution >= 0.6 is 0 Å². The van der Waals surface area contributed by atoms with E-state index in [4.69, 9.17) is 0 Å². The number of hydrogen-bond donors (Lipinski definition) is 3. The van der Waals surface area contributed by atoms with Crippen LogP contribution in [0.4, 0.5) is 10.5 Å². The molecular weight excluding hydrogens is 302 g/mol. The summed E-state index contributed by atoms with van der Waals surface area (Å²) in [6, 6.07) is 16.3. The van der Waals surface area contributed by atoms with Crippen LogP contribution in [-0.4, -0.2) is 11.9 Å². The second-order valence-corrected chi connectivity index (χ2v) is 5.75. The maximum atomic E-state index is 12.9. The zero-order valence-corrected chi connectivity index (χ0v) is 13.6. The molecule has 2 aromatic carbocycles. The molecule has 3 amide bonds. The van der Waals surface area contributed by atoms with Crippen LogP contribution in [0, 0.1) is 6.92 Å². The van der Waals surface area contributed by atoms with E-state index in [0.29, 0.717) is 11.3 Å². The third-order valence-corrected chi connectivity index (χ3v) is 4.04. The topological polar surface area (TPSA) is 70.2 Å². The summed E-state index contributed by atoms with van der Waals surface area (Å²) in [5.74, 6) is -0.233. The second-order valence-electron chi connectivity index (χ2n) is 5.75. The minimum atomic E-state index is -0.482. The lowest BCUT2D eigenvalue weighted by molar-refractivity contribution is -0.113. The molecule has 0 aliphatic carbocycles. The number of urea groups is 1. The molecule has 5 heteroatoms. The van der Waals surface area contributed by atoms with Gasteiger partial charge in [0.25, 0.3) is 5.91 Å². The summed E-state index contributed by atoms with van der Waals surface area (Å²) in [5, 5.41) is 8.44. The van der Waals surface area contributed by atoms with Gasteiger partial charge in [0.15, 0.2) is 0 Å². The lowest BCUT2D eigenvalue weighted by atomic mass is 9.95. The normalized spacial score (nSPS) is 17.1. The van der Waals surface area contributed by atoms with E-state index in [9.17, 15) is 9.59 Å². The number of rotatable bonds is 3. The number of nitrogens with one attached hydrogen (secondary N) is 3. The fourth-order valence-electron chi connectivity index (χ4n) is 2.79. The third kappa shape index (κ3) is 3.15. The Morgan fingerprint density at radius 3 is 2.38 bits per heavy atom. The van der Waals surface area contributed by atoms with E-state index in [-0.39, 0.29) is 11.9 Å². The molecule has 0 spiro atoms. The van der Waals surface area contributed by atoms with Crippen molar-refractivity contribution in [1.29, 1.82) is 0 Å². The molecule has 0 radical (unpaired) electrons. The molecule has 24 heavy (non-hydrogen) atoms. The Morgan fingerprint density at radius 1 is 1.00 bits per heavy atom. The monoisotopic (exact) mass is 321 g/mol. The predicted octanol–water partition coefficient (Wildman–Crippen LogP) is 3.26. The van der Waals surface area contributed by atoms with Gasteiger partial charge in [0, 0.05) is 11.4 Å². The Morgan fingerprint density at radius 2 is 1.67 bits per heavy atom. The van der Waals surface area contributed by atoms with Gasteiger partial charge in [-0.2, -0.15) is 0 Å². The molecule has 1 aliphatic rings. The first kappa shape index (κ1) is 15.8. The van der Waals surface area contributed by atoms with Crippen LogP contribution in [0.25, 0.3) is 0 Å². The van der Waals surface area contributed by atoms with Gasteiger partial charge in [-0.15, -0.1) is 0 Å². The van der Waals surface area contributed by atoms with Gasteiger partial charge in [-0.05, 0) is 31.0 Å². The first-order valence-corrected chi connectivity index (χ1v) is 7.76. The van der Waals surface area contributed by atoms with Crippen molar-refractivity contribution in [1.82, 2.24) is 10.6 Å². The predicted molar refractivity (Wildman–Crippen MR) is 93.4 cm³/mol. The van der Waals surface area contributed by atoms with Gasteiger partial charge >= 0.3 is 6.03 Å². The number of benzene rings is 2. The van der Waals surface area contributed by atoms with Crippen molar-refractivity contribution in [3.8, 4) is 0 Å². The highest BCUT2D eigenvalue weighted by atomic mass is 16.2. The molecule has 122 valence electrons. The molecule has 0 aromatic heterocycles. The molecule has 0 fully saturated rings. The number of aryl methyl sites for hydroxylation is 1. The summed E-state index contributed by atoms with van der Waals surface area (Å²) in [7, 11) is 0. The van der Waals surface area contributed by atoms with E-state index in [0.717, 1.165) is 16.8 Å². The number of amides is 3. The molecule has 3 N–H and O–H groups in total. The van der Waals surface area contributed by atoms with Crippen LogP contribution in [0.15, 0.2) is 65.9 Å². The molecule has 2 aromatic rings. The number of hydrogen-bond acceptors (Lipinski definition) is 2. The van der Waals surface area contributed by atoms with E-state index in [2.05, 4.69) is 16.0 Å². The second kappa shape index (κ2) is 6.58. The highest BCUT2D eigenvalue weighted by Gasteiger charge is 2.31. The molecule has 0 saturated heterocycles. The maximum absolute atomic E-state index is 12.9. The molecule has 1 heterocycles. The summed E-state index contributed by atoms with van der Waals surface area (Å²) < 4.78 is 0. The zero-order chi connectivity index (χ0) is 17.1. The van der Waals surface area contributed by atoms with E-state index in [1.807, 2.05) is 61.5 Å². The first-order chi connectivity index (χ1) is 11.6. The van der Waals surface area contributed by atoms with Crippen molar-refractivity contribution in [3.63, 3.8) is 0 Å². The smallest absolute Gasteiger partial charge is 0.319 e. The number of para-hydroxylation sites is 1. The van der Waals surface area contributed by atoms with Gasteiger partial charge < -0.3 is 16.0 Å². The van der Waals surface area contributed by atoms with Crippen LogP contribution in [0.2, 0.25) is 0 Å². The first-order valence-electron chi connectivity index (χ1n) is 7.76. The minimum absolute atomic E-state index is 0.233. The van der Waals surface area contributed by atoms with Crippen molar-refractivity contribution < 1.29 is 9.59 Å². The van der Waals surface area contributed by atoms with Gasteiger partial charge in [-0.3, -0.25) is 4.79 Å². The van der Waals surface area contributed by atoms with Crippen molar-refractivity contribution in [2.45, 2.75) is 19.9 Å². The molecule has 1 atom stereocenters.